The first kappa shape index (κ1) is 13.3. The standard InChI is InChI=1S/C8H9N3O3S/c1-2-14-6(12)5(3-9)8(15,4-10)7(11)13/h5,15H,2H2,1H3,(H2,11,13). The maximum atomic E-state index is 11.2. The molecule has 15 heavy (non-hydrogen) atoms. The molecule has 0 bridgehead atoms. The third kappa shape index (κ3) is 2.61. The number of primary amides is 1. The van der Waals surface area contributed by atoms with E-state index in [0.29, 0.717) is 0 Å². The highest BCUT2D eigenvalue weighted by atomic mass is 32.1. The Kier molecular flexibility index (Phi) is 4.62. The molecule has 0 aliphatic rings. The van der Waals surface area contributed by atoms with Crippen molar-refractivity contribution in [3.05, 3.63) is 0 Å². The Morgan fingerprint density at radius 1 is 1.60 bits per heavy atom. The van der Waals surface area contributed by atoms with Crippen molar-refractivity contribution in [2.24, 2.45) is 11.7 Å². The van der Waals surface area contributed by atoms with E-state index in [4.69, 9.17) is 16.3 Å². The molecule has 2 unspecified atom stereocenters. The van der Waals surface area contributed by atoms with E-state index in [2.05, 4.69) is 17.4 Å². The quantitative estimate of drug-likeness (QED) is 0.489. The van der Waals surface area contributed by atoms with Gasteiger partial charge in [0.2, 0.25) is 10.7 Å². The number of nitriles is 2. The second kappa shape index (κ2) is 5.23. The van der Waals surface area contributed by atoms with Crippen LogP contribution in [0.25, 0.3) is 0 Å². The average molecular weight is 227 g/mol. The van der Waals surface area contributed by atoms with Gasteiger partial charge in [0.15, 0.2) is 5.92 Å². The highest BCUT2D eigenvalue weighted by Gasteiger charge is 2.47. The molecule has 0 rings (SSSR count). The number of thiol groups is 1. The highest BCUT2D eigenvalue weighted by molar-refractivity contribution is 7.83. The van der Waals surface area contributed by atoms with E-state index in [0.717, 1.165) is 0 Å². The van der Waals surface area contributed by atoms with Crippen LogP contribution in [0, 0.1) is 28.6 Å². The van der Waals surface area contributed by atoms with E-state index in [1.165, 1.54) is 19.1 Å². The van der Waals surface area contributed by atoms with E-state index < -0.39 is 22.5 Å². The van der Waals surface area contributed by atoms with Crippen LogP contribution in [0.1, 0.15) is 6.92 Å². The first-order chi connectivity index (χ1) is 6.93. The molecule has 0 saturated heterocycles. The van der Waals surface area contributed by atoms with Crippen molar-refractivity contribution in [2.75, 3.05) is 6.61 Å². The zero-order chi connectivity index (χ0) is 12.1. The van der Waals surface area contributed by atoms with Gasteiger partial charge in [0, 0.05) is 0 Å². The molecule has 0 aliphatic carbocycles. The number of amides is 1. The Labute approximate surface area is 92.0 Å². The number of nitrogens with two attached hydrogens (primary N) is 1. The minimum absolute atomic E-state index is 0.0328. The second-order valence-electron chi connectivity index (χ2n) is 2.56. The summed E-state index contributed by atoms with van der Waals surface area (Å²) in [7, 11) is 0. The fourth-order valence-electron chi connectivity index (χ4n) is 0.804. The van der Waals surface area contributed by atoms with Crippen LogP contribution in [0.15, 0.2) is 0 Å². The van der Waals surface area contributed by atoms with Crippen LogP contribution >= 0.6 is 12.6 Å². The molecule has 7 heteroatoms. The van der Waals surface area contributed by atoms with Gasteiger partial charge in [-0.3, -0.25) is 9.59 Å². The molecule has 0 aliphatic heterocycles. The SMILES string of the molecule is CCOC(=O)C(C#N)C(S)(C#N)C(N)=O. The van der Waals surface area contributed by atoms with Crippen molar-refractivity contribution < 1.29 is 14.3 Å². The molecule has 0 aromatic carbocycles. The van der Waals surface area contributed by atoms with E-state index >= 15 is 0 Å². The first-order valence-electron chi connectivity index (χ1n) is 3.93. The summed E-state index contributed by atoms with van der Waals surface area (Å²) in [4.78, 5) is 22.2. The number of ether oxygens (including phenoxy) is 1. The number of hydrogen-bond acceptors (Lipinski definition) is 6. The van der Waals surface area contributed by atoms with Gasteiger partial charge < -0.3 is 10.5 Å². The van der Waals surface area contributed by atoms with Crippen molar-refractivity contribution >= 4 is 24.5 Å². The molecule has 2 atom stereocenters. The molecular weight excluding hydrogens is 218 g/mol. The summed E-state index contributed by atoms with van der Waals surface area (Å²) in [5.41, 5.74) is 4.90. The zero-order valence-electron chi connectivity index (χ0n) is 7.93. The van der Waals surface area contributed by atoms with Gasteiger partial charge in [-0.15, -0.1) is 12.6 Å². The van der Waals surface area contributed by atoms with Gasteiger partial charge in [-0.25, -0.2) is 0 Å². The lowest BCUT2D eigenvalue weighted by Gasteiger charge is -2.20. The normalized spacial score (nSPS) is 15.2. The number of carbonyl (C=O) groups excluding carboxylic acids is 2. The van der Waals surface area contributed by atoms with Gasteiger partial charge >= 0.3 is 5.97 Å². The Balaban J connectivity index is 5.14. The molecular formula is C8H9N3O3S. The lowest BCUT2D eigenvalue weighted by molar-refractivity contribution is -0.147. The number of rotatable bonds is 4. The topological polar surface area (TPSA) is 117 Å². The molecule has 0 aromatic rings. The van der Waals surface area contributed by atoms with Gasteiger partial charge in [0.05, 0.1) is 18.7 Å². The predicted molar refractivity (Wildman–Crippen MR) is 52.3 cm³/mol. The van der Waals surface area contributed by atoms with Crippen LogP contribution < -0.4 is 5.73 Å². The second-order valence-corrected chi connectivity index (χ2v) is 3.26. The molecule has 2 N–H and O–H groups in total. The molecule has 0 heterocycles. The average Bonchev–Trinajstić information content (AvgIpc) is 2.18. The summed E-state index contributed by atoms with van der Waals surface area (Å²) in [5.74, 6) is -3.79. The number of hydrogen-bond donors (Lipinski definition) is 2. The maximum absolute atomic E-state index is 11.2. The third-order valence-electron chi connectivity index (χ3n) is 1.62. The van der Waals surface area contributed by atoms with Crippen LogP contribution in [-0.4, -0.2) is 23.2 Å². The first-order valence-corrected chi connectivity index (χ1v) is 4.38. The Hall–Kier alpha value is -1.73. The van der Waals surface area contributed by atoms with Crippen LogP contribution in [0.5, 0.6) is 0 Å². The lowest BCUT2D eigenvalue weighted by Crippen LogP contribution is -2.47. The van der Waals surface area contributed by atoms with Crippen molar-refractivity contribution in [3.63, 3.8) is 0 Å². The van der Waals surface area contributed by atoms with Crippen LogP contribution in [-0.2, 0) is 14.3 Å². The summed E-state index contributed by atoms with van der Waals surface area (Å²) in [6.45, 7) is 1.56. The highest BCUT2D eigenvalue weighted by Crippen LogP contribution is 2.25. The summed E-state index contributed by atoms with van der Waals surface area (Å²) < 4.78 is 2.36. The minimum atomic E-state index is -2.17. The molecule has 0 saturated carbocycles. The van der Waals surface area contributed by atoms with Gasteiger partial charge in [-0.05, 0) is 6.92 Å². The van der Waals surface area contributed by atoms with Crippen molar-refractivity contribution in [1.29, 1.82) is 10.5 Å². The summed E-state index contributed by atoms with van der Waals surface area (Å²) in [6.07, 6.45) is 0. The molecule has 0 fully saturated rings. The van der Waals surface area contributed by atoms with Crippen LogP contribution in [0.4, 0.5) is 0 Å². The molecule has 80 valence electrons. The van der Waals surface area contributed by atoms with Gasteiger partial charge in [0.25, 0.3) is 0 Å². The van der Waals surface area contributed by atoms with E-state index in [9.17, 15) is 9.59 Å². The molecule has 1 amide bonds. The Morgan fingerprint density at radius 3 is 2.40 bits per heavy atom. The number of nitrogens with zero attached hydrogens (tertiary/aromatic N) is 2. The summed E-state index contributed by atoms with van der Waals surface area (Å²) in [6, 6.07) is 2.92. The van der Waals surface area contributed by atoms with E-state index in [1.807, 2.05) is 0 Å². The molecule has 0 radical (unpaired) electrons. The largest absolute Gasteiger partial charge is 0.465 e. The van der Waals surface area contributed by atoms with Gasteiger partial charge in [-0.1, -0.05) is 0 Å². The fourth-order valence-corrected chi connectivity index (χ4v) is 0.967. The van der Waals surface area contributed by atoms with Gasteiger partial charge in [0.1, 0.15) is 0 Å². The van der Waals surface area contributed by atoms with E-state index in [-0.39, 0.29) is 6.61 Å². The third-order valence-corrected chi connectivity index (χ3v) is 2.19. The number of esters is 1. The lowest BCUT2D eigenvalue weighted by atomic mass is 9.93. The monoisotopic (exact) mass is 227 g/mol. The van der Waals surface area contributed by atoms with Crippen molar-refractivity contribution in [3.8, 4) is 12.1 Å². The van der Waals surface area contributed by atoms with Crippen molar-refractivity contribution in [1.82, 2.24) is 0 Å². The minimum Gasteiger partial charge on any atom is -0.465 e. The zero-order valence-corrected chi connectivity index (χ0v) is 8.82. The maximum Gasteiger partial charge on any atom is 0.326 e. The van der Waals surface area contributed by atoms with E-state index in [1.54, 1.807) is 0 Å². The smallest absolute Gasteiger partial charge is 0.326 e. The van der Waals surface area contributed by atoms with Crippen molar-refractivity contribution in [2.45, 2.75) is 11.7 Å². The Bertz CT molecular complexity index is 357. The molecule has 0 spiro atoms. The fraction of sp³-hybridized carbons (Fsp3) is 0.500. The predicted octanol–water partition coefficient (Wildman–Crippen LogP) is -0.633. The Morgan fingerprint density at radius 2 is 2.13 bits per heavy atom. The molecule has 6 nitrogen and oxygen atoms in total. The summed E-state index contributed by atoms with van der Waals surface area (Å²) >= 11 is 3.66. The molecule has 0 aromatic heterocycles. The van der Waals surface area contributed by atoms with Gasteiger partial charge in [-0.2, -0.15) is 10.5 Å². The van der Waals surface area contributed by atoms with Crippen LogP contribution in [0.2, 0.25) is 0 Å². The van der Waals surface area contributed by atoms with Crippen LogP contribution in [0.3, 0.4) is 0 Å². The summed E-state index contributed by atoms with van der Waals surface area (Å²) in [5, 5.41) is 17.4. The number of carbonyl (C=O) groups is 2.